The van der Waals surface area contributed by atoms with E-state index >= 15 is 0 Å². The van der Waals surface area contributed by atoms with Gasteiger partial charge in [-0.3, -0.25) is 24.6 Å². The smallest absolute Gasteiger partial charge is 0.255 e. The van der Waals surface area contributed by atoms with E-state index in [1.807, 2.05) is 12.1 Å². The van der Waals surface area contributed by atoms with Crippen LogP contribution in [0.2, 0.25) is 0 Å². The number of nitrogens with one attached hydrogen (secondary N) is 1. The number of carbonyl (C=O) groups excluding carboxylic acids is 3. The molecule has 3 aliphatic rings. The number of nitrogens with two attached hydrogens (primary N) is 1. The van der Waals surface area contributed by atoms with Crippen molar-refractivity contribution in [2.24, 2.45) is 11.7 Å². The normalized spacial score (nSPS) is 27.3. The molecular formula is C23H32N4O3. The number of hydrogen-bond donors (Lipinski definition) is 2. The van der Waals surface area contributed by atoms with E-state index in [9.17, 15) is 14.4 Å². The van der Waals surface area contributed by atoms with Crippen molar-refractivity contribution in [1.29, 1.82) is 0 Å². The summed E-state index contributed by atoms with van der Waals surface area (Å²) < 4.78 is 0. The van der Waals surface area contributed by atoms with Crippen LogP contribution in [-0.2, 0) is 22.7 Å². The highest BCUT2D eigenvalue weighted by molar-refractivity contribution is 6.05. The summed E-state index contributed by atoms with van der Waals surface area (Å²) in [6.07, 6.45) is 5.24. The van der Waals surface area contributed by atoms with E-state index in [1.54, 1.807) is 4.90 Å². The maximum Gasteiger partial charge on any atom is 0.255 e. The molecule has 0 radical (unpaired) electrons. The average molecular weight is 413 g/mol. The van der Waals surface area contributed by atoms with Crippen molar-refractivity contribution in [3.8, 4) is 0 Å². The van der Waals surface area contributed by atoms with Crippen LogP contribution in [0.25, 0.3) is 0 Å². The molecule has 3 amide bonds. The largest absolute Gasteiger partial charge is 0.330 e. The van der Waals surface area contributed by atoms with E-state index in [-0.39, 0.29) is 24.1 Å². The van der Waals surface area contributed by atoms with Crippen molar-refractivity contribution >= 4 is 17.7 Å². The molecule has 3 heterocycles. The fourth-order valence-corrected chi connectivity index (χ4v) is 5.34. The van der Waals surface area contributed by atoms with E-state index in [0.29, 0.717) is 37.0 Å². The summed E-state index contributed by atoms with van der Waals surface area (Å²) in [5.41, 5.74) is 8.66. The van der Waals surface area contributed by atoms with Gasteiger partial charge in [-0.05, 0) is 68.3 Å². The van der Waals surface area contributed by atoms with Gasteiger partial charge in [0.25, 0.3) is 5.91 Å². The summed E-state index contributed by atoms with van der Waals surface area (Å²) >= 11 is 0. The van der Waals surface area contributed by atoms with Gasteiger partial charge in [0.15, 0.2) is 0 Å². The number of rotatable bonds is 6. The molecular weight excluding hydrogens is 380 g/mol. The highest BCUT2D eigenvalue weighted by atomic mass is 16.2. The number of imide groups is 1. The van der Waals surface area contributed by atoms with E-state index < -0.39 is 6.04 Å². The van der Waals surface area contributed by atoms with Crippen LogP contribution < -0.4 is 11.1 Å². The Morgan fingerprint density at radius 3 is 2.80 bits per heavy atom. The van der Waals surface area contributed by atoms with Gasteiger partial charge in [0.1, 0.15) is 6.04 Å². The number of benzene rings is 1. The number of fused-ring (bicyclic) bond motifs is 1. The molecule has 1 aromatic rings. The van der Waals surface area contributed by atoms with Crippen LogP contribution in [0.5, 0.6) is 0 Å². The van der Waals surface area contributed by atoms with Gasteiger partial charge in [0.05, 0.1) is 0 Å². The van der Waals surface area contributed by atoms with Gasteiger partial charge in [-0.25, -0.2) is 0 Å². The van der Waals surface area contributed by atoms with Crippen molar-refractivity contribution < 1.29 is 14.4 Å². The maximum atomic E-state index is 13.1. The molecule has 2 fully saturated rings. The van der Waals surface area contributed by atoms with Crippen LogP contribution in [0.1, 0.15) is 66.9 Å². The lowest BCUT2D eigenvalue weighted by Crippen LogP contribution is -2.52. The first-order valence-electron chi connectivity index (χ1n) is 11.2. The quantitative estimate of drug-likeness (QED) is 0.695. The number of hydrogen-bond acceptors (Lipinski definition) is 5. The van der Waals surface area contributed by atoms with Crippen LogP contribution >= 0.6 is 0 Å². The summed E-state index contributed by atoms with van der Waals surface area (Å²) in [6.45, 7) is 5.37. The Balaban J connectivity index is 1.54. The summed E-state index contributed by atoms with van der Waals surface area (Å²) in [5, 5.41) is 2.37. The third-order valence-corrected chi connectivity index (χ3v) is 6.99. The Bertz CT molecular complexity index is 840. The first-order chi connectivity index (χ1) is 14.5. The molecule has 3 aliphatic heterocycles. The molecule has 7 heteroatoms. The van der Waals surface area contributed by atoms with Crippen molar-refractivity contribution in [2.45, 2.75) is 70.6 Å². The molecule has 0 bridgehead atoms. The predicted octanol–water partition coefficient (Wildman–Crippen LogP) is 1.79. The van der Waals surface area contributed by atoms with E-state index in [4.69, 9.17) is 5.73 Å². The lowest BCUT2D eigenvalue weighted by molar-refractivity contribution is -0.136. The van der Waals surface area contributed by atoms with Gasteiger partial charge in [0, 0.05) is 31.1 Å². The standard InChI is InChI=1S/C23H32N4O3/c1-15-5-4-12-26(19(15)8-3-11-24)13-16-6-2-7-17-18(16)14-27(23(17)30)20-9-10-21(28)25-22(20)29/h2,6-7,15,19-20H,3-5,8-14,24H2,1H3,(H,25,28,29). The minimum Gasteiger partial charge on any atom is -0.330 e. The van der Waals surface area contributed by atoms with Crippen molar-refractivity contribution in [3.05, 3.63) is 34.9 Å². The van der Waals surface area contributed by atoms with E-state index in [0.717, 1.165) is 31.5 Å². The third kappa shape index (κ3) is 4.01. The molecule has 0 aromatic heterocycles. The zero-order chi connectivity index (χ0) is 21.3. The monoisotopic (exact) mass is 412 g/mol. The minimum atomic E-state index is -0.567. The fourth-order valence-electron chi connectivity index (χ4n) is 5.34. The minimum absolute atomic E-state index is 0.104. The zero-order valence-corrected chi connectivity index (χ0v) is 17.7. The molecule has 0 spiro atoms. The SMILES string of the molecule is CC1CCCN(Cc2cccc3c2CN(C2CCC(=O)NC2=O)C3=O)C1CCCN. The first-order valence-corrected chi connectivity index (χ1v) is 11.2. The molecule has 30 heavy (non-hydrogen) atoms. The molecule has 1 aromatic carbocycles. The van der Waals surface area contributed by atoms with Crippen molar-refractivity contribution in [3.63, 3.8) is 0 Å². The van der Waals surface area contributed by atoms with Crippen molar-refractivity contribution in [1.82, 2.24) is 15.1 Å². The Morgan fingerprint density at radius 2 is 2.03 bits per heavy atom. The van der Waals surface area contributed by atoms with Gasteiger partial charge in [-0.2, -0.15) is 0 Å². The second kappa shape index (κ2) is 8.86. The number of carbonyl (C=O) groups is 3. The number of amides is 3. The lowest BCUT2D eigenvalue weighted by atomic mass is 9.87. The zero-order valence-electron chi connectivity index (χ0n) is 17.7. The molecule has 3 N–H and O–H groups in total. The molecule has 4 rings (SSSR count). The van der Waals surface area contributed by atoms with Gasteiger partial charge in [-0.1, -0.05) is 19.1 Å². The first kappa shape index (κ1) is 21.0. The average Bonchev–Trinajstić information content (AvgIpc) is 3.05. The number of likely N-dealkylation sites (tertiary alicyclic amines) is 1. The van der Waals surface area contributed by atoms with Crippen LogP contribution in [-0.4, -0.2) is 52.7 Å². The van der Waals surface area contributed by atoms with Gasteiger partial charge in [0.2, 0.25) is 11.8 Å². The van der Waals surface area contributed by atoms with E-state index in [2.05, 4.69) is 23.2 Å². The molecule has 3 atom stereocenters. The maximum absolute atomic E-state index is 13.1. The Hall–Kier alpha value is -2.25. The molecule has 2 saturated heterocycles. The Morgan fingerprint density at radius 1 is 1.20 bits per heavy atom. The van der Waals surface area contributed by atoms with Gasteiger partial charge < -0.3 is 10.6 Å². The summed E-state index contributed by atoms with van der Waals surface area (Å²) in [5.74, 6) is -0.0822. The fraction of sp³-hybridized carbons (Fsp3) is 0.609. The van der Waals surface area contributed by atoms with Gasteiger partial charge in [-0.15, -0.1) is 0 Å². The van der Waals surface area contributed by atoms with Gasteiger partial charge >= 0.3 is 0 Å². The Labute approximate surface area is 178 Å². The second-order valence-electron chi connectivity index (χ2n) is 8.93. The highest BCUT2D eigenvalue weighted by Gasteiger charge is 2.40. The number of piperidine rings is 2. The predicted molar refractivity (Wildman–Crippen MR) is 113 cm³/mol. The number of nitrogens with zero attached hydrogens (tertiary/aromatic N) is 2. The van der Waals surface area contributed by atoms with Crippen molar-refractivity contribution in [2.75, 3.05) is 13.1 Å². The summed E-state index contributed by atoms with van der Waals surface area (Å²) in [4.78, 5) is 41.1. The molecule has 7 nitrogen and oxygen atoms in total. The van der Waals surface area contributed by atoms with Crippen LogP contribution in [0.4, 0.5) is 0 Å². The second-order valence-corrected chi connectivity index (χ2v) is 8.93. The Kier molecular flexibility index (Phi) is 6.20. The molecule has 0 saturated carbocycles. The summed E-state index contributed by atoms with van der Waals surface area (Å²) in [7, 11) is 0. The van der Waals surface area contributed by atoms with Crippen LogP contribution in [0, 0.1) is 5.92 Å². The highest BCUT2D eigenvalue weighted by Crippen LogP contribution is 2.33. The molecule has 162 valence electrons. The molecule has 3 unspecified atom stereocenters. The summed E-state index contributed by atoms with van der Waals surface area (Å²) in [6, 6.07) is 5.86. The third-order valence-electron chi connectivity index (χ3n) is 6.99. The molecule has 0 aliphatic carbocycles. The van der Waals surface area contributed by atoms with Crippen LogP contribution in [0.15, 0.2) is 18.2 Å². The lowest BCUT2D eigenvalue weighted by Gasteiger charge is -2.40. The topological polar surface area (TPSA) is 95.7 Å². The van der Waals surface area contributed by atoms with E-state index in [1.165, 1.54) is 18.4 Å². The van der Waals surface area contributed by atoms with Crippen LogP contribution in [0.3, 0.4) is 0 Å².